The number of carbonyl (C=O) groups excluding carboxylic acids is 1. The molecule has 4 aromatic carbocycles. The molecule has 0 fully saturated rings. The molecule has 0 saturated heterocycles. The van der Waals surface area contributed by atoms with E-state index in [1.165, 1.54) is 22.3 Å². The average molecular weight is 467 g/mol. The maximum Gasteiger partial charge on any atom is 0.343 e. The van der Waals surface area contributed by atoms with Crippen molar-refractivity contribution in [3.63, 3.8) is 0 Å². The maximum atomic E-state index is 12.2. The van der Waals surface area contributed by atoms with Gasteiger partial charge in [0.25, 0.3) is 0 Å². The Morgan fingerprint density at radius 1 is 0.686 bits per heavy atom. The highest BCUT2D eigenvalue weighted by molar-refractivity contribution is 5.91. The molecule has 1 unspecified atom stereocenters. The molecular formula is C31H30O4. The molecule has 4 rings (SSSR count). The predicted molar refractivity (Wildman–Crippen MR) is 139 cm³/mol. The quantitative estimate of drug-likeness (QED) is 0.246. The fraction of sp³-hybridized carbons (Fsp3) is 0.161. The monoisotopic (exact) mass is 466 g/mol. The van der Waals surface area contributed by atoms with Gasteiger partial charge in [-0.25, -0.2) is 9.59 Å². The van der Waals surface area contributed by atoms with Crippen molar-refractivity contribution < 1.29 is 19.4 Å². The lowest BCUT2D eigenvalue weighted by atomic mass is 9.87. The minimum absolute atomic E-state index is 0.287. The molecule has 0 aliphatic heterocycles. The number of aryl methyl sites for hydroxylation is 3. The molecule has 0 aromatic heterocycles. The smallest absolute Gasteiger partial charge is 0.343 e. The number of esters is 1. The van der Waals surface area contributed by atoms with Crippen molar-refractivity contribution in [2.24, 2.45) is 0 Å². The number of carboxylic acid groups (broad SMARTS) is 1. The van der Waals surface area contributed by atoms with Crippen molar-refractivity contribution in [2.45, 2.75) is 33.6 Å². The van der Waals surface area contributed by atoms with Crippen LogP contribution in [-0.2, 0) is 0 Å². The van der Waals surface area contributed by atoms with Gasteiger partial charge in [-0.2, -0.15) is 0 Å². The minimum Gasteiger partial charge on any atom is -0.478 e. The molecule has 0 spiro atoms. The van der Waals surface area contributed by atoms with Crippen LogP contribution in [-0.4, -0.2) is 17.0 Å². The summed E-state index contributed by atoms with van der Waals surface area (Å²) in [6.45, 7) is 8.55. The molecule has 0 aliphatic rings. The second-order valence-corrected chi connectivity index (χ2v) is 8.53. The molecule has 0 aliphatic carbocycles. The van der Waals surface area contributed by atoms with Crippen LogP contribution >= 0.6 is 0 Å². The third-order valence-electron chi connectivity index (χ3n) is 5.84. The first-order valence-corrected chi connectivity index (χ1v) is 11.5. The van der Waals surface area contributed by atoms with Gasteiger partial charge in [0.05, 0.1) is 11.1 Å². The van der Waals surface area contributed by atoms with Gasteiger partial charge in [-0.15, -0.1) is 0 Å². The first-order valence-electron chi connectivity index (χ1n) is 11.5. The number of ether oxygens (including phenoxy) is 1. The van der Waals surface area contributed by atoms with Crippen molar-refractivity contribution in [3.05, 3.63) is 136 Å². The zero-order valence-corrected chi connectivity index (χ0v) is 20.5. The fourth-order valence-electron chi connectivity index (χ4n) is 4.00. The Labute approximate surface area is 206 Å². The van der Waals surface area contributed by atoms with Crippen LogP contribution in [0, 0.1) is 20.8 Å². The van der Waals surface area contributed by atoms with E-state index in [1.54, 1.807) is 42.5 Å². The SMILES string of the molecule is Cc1ccc(C(C)c2ccc(OC(=O)c3ccccc3)cc2C)c(C)c1.O=C(O)c1ccccc1. The Kier molecular flexibility index (Phi) is 8.58. The first kappa shape index (κ1) is 25.4. The molecule has 1 atom stereocenters. The summed E-state index contributed by atoms with van der Waals surface area (Å²) in [5, 5.41) is 8.38. The Hall–Kier alpha value is -4.18. The van der Waals surface area contributed by atoms with Crippen molar-refractivity contribution in [1.29, 1.82) is 0 Å². The van der Waals surface area contributed by atoms with Crippen LogP contribution in [0.25, 0.3) is 0 Å². The molecular weight excluding hydrogens is 436 g/mol. The summed E-state index contributed by atoms with van der Waals surface area (Å²) in [5.41, 5.74) is 7.16. The van der Waals surface area contributed by atoms with Gasteiger partial charge in [0.15, 0.2) is 0 Å². The third kappa shape index (κ3) is 6.90. The van der Waals surface area contributed by atoms with Crippen LogP contribution in [0.2, 0.25) is 0 Å². The Bertz CT molecular complexity index is 1290. The number of carboxylic acids is 1. The lowest BCUT2D eigenvalue weighted by Gasteiger charge is -2.18. The van der Waals surface area contributed by atoms with Crippen LogP contribution in [0.1, 0.15) is 61.4 Å². The van der Waals surface area contributed by atoms with Crippen molar-refractivity contribution in [1.82, 2.24) is 0 Å². The number of carbonyl (C=O) groups is 2. The lowest BCUT2D eigenvalue weighted by molar-refractivity contribution is 0.0694. The van der Waals surface area contributed by atoms with Gasteiger partial charge >= 0.3 is 11.9 Å². The van der Waals surface area contributed by atoms with Crippen LogP contribution in [0.3, 0.4) is 0 Å². The molecule has 0 radical (unpaired) electrons. The van der Waals surface area contributed by atoms with Gasteiger partial charge in [-0.3, -0.25) is 0 Å². The van der Waals surface area contributed by atoms with E-state index in [-0.39, 0.29) is 11.9 Å². The number of hydrogen-bond acceptors (Lipinski definition) is 3. The molecule has 0 heterocycles. The summed E-state index contributed by atoms with van der Waals surface area (Å²) in [4.78, 5) is 22.4. The fourth-order valence-corrected chi connectivity index (χ4v) is 4.00. The van der Waals surface area contributed by atoms with E-state index >= 15 is 0 Å². The van der Waals surface area contributed by atoms with E-state index in [0.717, 1.165) is 5.56 Å². The second-order valence-electron chi connectivity index (χ2n) is 8.53. The Balaban J connectivity index is 0.000000320. The van der Waals surface area contributed by atoms with Crippen LogP contribution in [0.4, 0.5) is 0 Å². The normalized spacial score (nSPS) is 11.1. The van der Waals surface area contributed by atoms with Gasteiger partial charge < -0.3 is 9.84 Å². The molecule has 4 heteroatoms. The summed E-state index contributed by atoms with van der Waals surface area (Å²) in [6.07, 6.45) is 0. The molecule has 4 nitrogen and oxygen atoms in total. The van der Waals surface area contributed by atoms with E-state index in [4.69, 9.17) is 9.84 Å². The van der Waals surface area contributed by atoms with E-state index in [9.17, 15) is 9.59 Å². The predicted octanol–water partition coefficient (Wildman–Crippen LogP) is 7.37. The minimum atomic E-state index is -0.879. The van der Waals surface area contributed by atoms with E-state index in [2.05, 4.69) is 52.0 Å². The van der Waals surface area contributed by atoms with E-state index < -0.39 is 5.97 Å². The molecule has 4 aromatic rings. The van der Waals surface area contributed by atoms with Crippen molar-refractivity contribution in [2.75, 3.05) is 0 Å². The topological polar surface area (TPSA) is 63.6 Å². The summed E-state index contributed by atoms with van der Waals surface area (Å²) >= 11 is 0. The number of rotatable bonds is 5. The second kappa shape index (κ2) is 11.8. The number of hydrogen-bond donors (Lipinski definition) is 1. The third-order valence-corrected chi connectivity index (χ3v) is 5.84. The standard InChI is InChI=1S/C24H24O2.C7H6O2/c1-16-10-12-22(17(2)14-16)19(4)23-13-11-21(15-18(23)3)26-24(25)20-8-6-5-7-9-20;8-7(9)6-4-2-1-3-5-6/h5-15,19H,1-4H3;1-5H,(H,8,9). The zero-order chi connectivity index (χ0) is 25.4. The molecule has 35 heavy (non-hydrogen) atoms. The van der Waals surface area contributed by atoms with Crippen LogP contribution in [0.15, 0.2) is 97.1 Å². The van der Waals surface area contributed by atoms with Gasteiger partial charge in [-0.05, 0) is 79.4 Å². The highest BCUT2D eigenvalue weighted by Crippen LogP contribution is 2.31. The Morgan fingerprint density at radius 2 is 1.20 bits per heavy atom. The van der Waals surface area contributed by atoms with Crippen LogP contribution in [0.5, 0.6) is 5.75 Å². The number of benzene rings is 4. The van der Waals surface area contributed by atoms with Crippen LogP contribution < -0.4 is 4.74 Å². The summed E-state index contributed by atoms with van der Waals surface area (Å²) < 4.78 is 5.52. The summed E-state index contributed by atoms with van der Waals surface area (Å²) in [6, 6.07) is 29.8. The number of aromatic carboxylic acids is 1. The Morgan fingerprint density at radius 3 is 1.69 bits per heavy atom. The van der Waals surface area contributed by atoms with Crippen molar-refractivity contribution in [3.8, 4) is 5.75 Å². The lowest BCUT2D eigenvalue weighted by Crippen LogP contribution is -2.09. The largest absolute Gasteiger partial charge is 0.478 e. The van der Waals surface area contributed by atoms with Gasteiger partial charge in [0, 0.05) is 5.92 Å². The highest BCUT2D eigenvalue weighted by atomic mass is 16.5. The van der Waals surface area contributed by atoms with Gasteiger partial charge in [0.2, 0.25) is 0 Å². The first-order chi connectivity index (χ1) is 16.8. The van der Waals surface area contributed by atoms with Gasteiger partial charge in [0.1, 0.15) is 5.75 Å². The molecule has 0 bridgehead atoms. The molecule has 0 amide bonds. The van der Waals surface area contributed by atoms with Gasteiger partial charge in [-0.1, -0.05) is 73.2 Å². The summed E-state index contributed by atoms with van der Waals surface area (Å²) in [7, 11) is 0. The van der Waals surface area contributed by atoms with E-state index in [1.807, 2.05) is 30.3 Å². The maximum absolute atomic E-state index is 12.2. The molecule has 1 N–H and O–H groups in total. The van der Waals surface area contributed by atoms with E-state index in [0.29, 0.717) is 16.9 Å². The molecule has 0 saturated carbocycles. The zero-order valence-electron chi connectivity index (χ0n) is 20.5. The molecule has 178 valence electrons. The highest BCUT2D eigenvalue weighted by Gasteiger charge is 2.15. The van der Waals surface area contributed by atoms with Crippen molar-refractivity contribution >= 4 is 11.9 Å². The average Bonchev–Trinajstić information content (AvgIpc) is 2.85. The summed E-state index contributed by atoms with van der Waals surface area (Å²) in [5.74, 6) is -0.349.